The summed E-state index contributed by atoms with van der Waals surface area (Å²) in [7, 11) is 0. The zero-order chi connectivity index (χ0) is 23.8. The quantitative estimate of drug-likeness (QED) is 0.351. The number of pyridine rings is 1. The Hall–Kier alpha value is -3.77. The van der Waals surface area contributed by atoms with E-state index >= 15 is 0 Å². The minimum atomic E-state index is 0.378. The molecule has 0 spiro atoms. The van der Waals surface area contributed by atoms with Crippen LogP contribution in [0.5, 0.6) is 0 Å². The van der Waals surface area contributed by atoms with Gasteiger partial charge in [0.25, 0.3) is 0 Å². The van der Waals surface area contributed by atoms with Gasteiger partial charge >= 0.3 is 0 Å². The van der Waals surface area contributed by atoms with Crippen LogP contribution in [0.4, 0.5) is 5.82 Å². The van der Waals surface area contributed by atoms with Gasteiger partial charge in [0, 0.05) is 34.8 Å². The molecule has 1 atom stereocenters. The molecule has 0 saturated carbocycles. The average molecular weight is 463 g/mol. The molecule has 5 aromatic rings. The molecule has 0 radical (unpaired) electrons. The molecule has 4 heterocycles. The van der Waals surface area contributed by atoms with Gasteiger partial charge in [0.15, 0.2) is 0 Å². The zero-order valence-corrected chi connectivity index (χ0v) is 20.0. The van der Waals surface area contributed by atoms with E-state index in [0.717, 1.165) is 64.3 Å². The van der Waals surface area contributed by atoms with Gasteiger partial charge in [-0.1, -0.05) is 55.5 Å². The van der Waals surface area contributed by atoms with Gasteiger partial charge in [-0.2, -0.15) is 0 Å². The first-order chi connectivity index (χ1) is 17.2. The number of rotatable bonds is 5. The lowest BCUT2D eigenvalue weighted by molar-refractivity contribution is 0.303. The molecule has 0 amide bonds. The molecule has 1 fully saturated rings. The van der Waals surface area contributed by atoms with Gasteiger partial charge in [-0.25, -0.2) is 15.0 Å². The third-order valence-electron chi connectivity index (χ3n) is 7.37. The summed E-state index contributed by atoms with van der Waals surface area (Å²) in [5.74, 6) is 2.58. The number of piperidine rings is 1. The van der Waals surface area contributed by atoms with E-state index in [1.54, 1.807) is 6.20 Å². The maximum absolute atomic E-state index is 6.44. The van der Waals surface area contributed by atoms with Crippen LogP contribution in [0.1, 0.15) is 37.9 Å². The Labute approximate surface area is 205 Å². The zero-order valence-electron chi connectivity index (χ0n) is 20.0. The minimum absolute atomic E-state index is 0.378. The Bertz CT molecular complexity index is 1480. The van der Waals surface area contributed by atoms with Crippen molar-refractivity contribution in [3.8, 4) is 22.5 Å². The second kappa shape index (κ2) is 9.12. The Morgan fingerprint density at radius 3 is 2.60 bits per heavy atom. The maximum atomic E-state index is 6.44. The van der Waals surface area contributed by atoms with Gasteiger partial charge in [-0.3, -0.25) is 4.40 Å². The van der Waals surface area contributed by atoms with E-state index in [2.05, 4.69) is 64.1 Å². The van der Waals surface area contributed by atoms with Gasteiger partial charge in [0.1, 0.15) is 22.9 Å². The lowest BCUT2D eigenvalue weighted by Crippen LogP contribution is -2.31. The van der Waals surface area contributed by atoms with Crippen molar-refractivity contribution in [2.45, 2.75) is 32.1 Å². The number of hydrogen-bond acceptors (Lipinski definition) is 5. The van der Waals surface area contributed by atoms with Crippen molar-refractivity contribution >= 4 is 22.2 Å². The summed E-state index contributed by atoms with van der Waals surface area (Å²) < 4.78 is 2.17. The molecule has 6 rings (SSSR count). The number of nitrogen functional groups attached to an aromatic ring is 1. The van der Waals surface area contributed by atoms with Crippen molar-refractivity contribution in [1.82, 2.24) is 24.7 Å². The number of nitrogens with one attached hydrogen (secondary N) is 1. The SMILES string of the molecule is CCC(c1nc(-c2ccc3ccc(-c4ccccc4)nc3c2)c2c(N)nccn12)C1CCNCC1. The Morgan fingerprint density at radius 2 is 1.80 bits per heavy atom. The van der Waals surface area contributed by atoms with E-state index in [1.807, 2.05) is 24.4 Å². The number of anilines is 1. The highest BCUT2D eigenvalue weighted by atomic mass is 15.1. The van der Waals surface area contributed by atoms with Crippen molar-refractivity contribution in [1.29, 1.82) is 0 Å². The van der Waals surface area contributed by atoms with Crippen LogP contribution >= 0.6 is 0 Å². The number of hydrogen-bond donors (Lipinski definition) is 2. The van der Waals surface area contributed by atoms with E-state index in [0.29, 0.717) is 17.7 Å². The second-order valence-corrected chi connectivity index (χ2v) is 9.42. The number of nitrogens with two attached hydrogens (primary N) is 1. The molecule has 3 aromatic heterocycles. The lowest BCUT2D eigenvalue weighted by Gasteiger charge is -2.29. The third kappa shape index (κ3) is 3.94. The molecule has 6 nitrogen and oxygen atoms in total. The first-order valence-corrected chi connectivity index (χ1v) is 12.5. The monoisotopic (exact) mass is 462 g/mol. The molecule has 0 bridgehead atoms. The van der Waals surface area contributed by atoms with Crippen LogP contribution in [0.25, 0.3) is 38.9 Å². The van der Waals surface area contributed by atoms with Gasteiger partial charge < -0.3 is 11.1 Å². The Kier molecular flexibility index (Phi) is 5.66. The van der Waals surface area contributed by atoms with Gasteiger partial charge in [0.2, 0.25) is 0 Å². The molecule has 0 aliphatic carbocycles. The molecule has 35 heavy (non-hydrogen) atoms. The highest BCUT2D eigenvalue weighted by molar-refractivity contribution is 5.91. The molecule has 6 heteroatoms. The van der Waals surface area contributed by atoms with Crippen LogP contribution in [0.3, 0.4) is 0 Å². The topological polar surface area (TPSA) is 81.1 Å². The number of fused-ring (bicyclic) bond motifs is 2. The van der Waals surface area contributed by atoms with Crippen LogP contribution in [0.2, 0.25) is 0 Å². The molecule has 1 saturated heterocycles. The molecule has 2 aromatic carbocycles. The molecular formula is C29H30N6. The van der Waals surface area contributed by atoms with Crippen molar-refractivity contribution in [2.24, 2.45) is 5.92 Å². The second-order valence-electron chi connectivity index (χ2n) is 9.42. The summed E-state index contributed by atoms with van der Waals surface area (Å²) in [5, 5.41) is 4.59. The fourth-order valence-electron chi connectivity index (χ4n) is 5.56. The van der Waals surface area contributed by atoms with Crippen LogP contribution in [0, 0.1) is 5.92 Å². The summed E-state index contributed by atoms with van der Waals surface area (Å²) in [5.41, 5.74) is 12.2. The normalized spacial score (nSPS) is 15.6. The number of aromatic nitrogens is 4. The fourth-order valence-corrected chi connectivity index (χ4v) is 5.56. The van der Waals surface area contributed by atoms with Gasteiger partial charge in [-0.05, 0) is 50.4 Å². The summed E-state index contributed by atoms with van der Waals surface area (Å²) in [6, 6.07) is 20.9. The summed E-state index contributed by atoms with van der Waals surface area (Å²) in [6.45, 7) is 4.41. The molecule has 1 unspecified atom stereocenters. The van der Waals surface area contributed by atoms with E-state index in [4.69, 9.17) is 15.7 Å². The lowest BCUT2D eigenvalue weighted by atomic mass is 9.82. The average Bonchev–Trinajstić information content (AvgIpc) is 3.30. The van der Waals surface area contributed by atoms with E-state index in [1.165, 1.54) is 12.8 Å². The Morgan fingerprint density at radius 1 is 1.00 bits per heavy atom. The summed E-state index contributed by atoms with van der Waals surface area (Å²) >= 11 is 0. The van der Waals surface area contributed by atoms with Crippen molar-refractivity contribution < 1.29 is 0 Å². The first kappa shape index (κ1) is 21.7. The first-order valence-electron chi connectivity index (χ1n) is 12.5. The predicted octanol–water partition coefficient (Wildman–Crippen LogP) is 5.69. The molecule has 1 aliphatic rings. The van der Waals surface area contributed by atoms with Crippen molar-refractivity contribution in [3.63, 3.8) is 0 Å². The number of imidazole rings is 1. The van der Waals surface area contributed by atoms with Crippen molar-refractivity contribution in [2.75, 3.05) is 18.8 Å². The highest BCUT2D eigenvalue weighted by Gasteiger charge is 2.29. The van der Waals surface area contributed by atoms with Gasteiger partial charge in [-0.15, -0.1) is 0 Å². The minimum Gasteiger partial charge on any atom is -0.382 e. The van der Waals surface area contributed by atoms with E-state index in [9.17, 15) is 0 Å². The van der Waals surface area contributed by atoms with Crippen LogP contribution in [-0.4, -0.2) is 32.4 Å². The predicted molar refractivity (Wildman–Crippen MR) is 142 cm³/mol. The standard InChI is InChI=1S/C29H30N6/c1-2-23(19-12-14-31-15-13-19)29-34-26(27-28(30)32-16-17-35(27)29)22-9-8-21-10-11-24(33-25(21)18-22)20-6-4-3-5-7-20/h3-11,16-19,23,31H,2,12-15H2,1H3,(H2,30,32). The largest absolute Gasteiger partial charge is 0.382 e. The smallest absolute Gasteiger partial charge is 0.150 e. The maximum Gasteiger partial charge on any atom is 0.150 e. The molecule has 176 valence electrons. The van der Waals surface area contributed by atoms with E-state index < -0.39 is 0 Å². The number of benzene rings is 2. The van der Waals surface area contributed by atoms with Gasteiger partial charge in [0.05, 0.1) is 11.2 Å². The Balaban J connectivity index is 1.49. The van der Waals surface area contributed by atoms with E-state index in [-0.39, 0.29) is 0 Å². The molecule has 1 aliphatic heterocycles. The van der Waals surface area contributed by atoms with Crippen molar-refractivity contribution in [3.05, 3.63) is 78.9 Å². The van der Waals surface area contributed by atoms with Crippen LogP contribution in [0.15, 0.2) is 73.1 Å². The van der Waals surface area contributed by atoms with Crippen LogP contribution in [-0.2, 0) is 0 Å². The highest BCUT2D eigenvalue weighted by Crippen LogP contribution is 2.38. The summed E-state index contributed by atoms with van der Waals surface area (Å²) in [6.07, 6.45) is 7.18. The third-order valence-corrected chi connectivity index (χ3v) is 7.37. The van der Waals surface area contributed by atoms with Crippen LogP contribution < -0.4 is 11.1 Å². The summed E-state index contributed by atoms with van der Waals surface area (Å²) in [4.78, 5) is 14.6. The molecule has 3 N–H and O–H groups in total. The fraction of sp³-hybridized carbons (Fsp3) is 0.276. The molecular weight excluding hydrogens is 432 g/mol. The number of nitrogens with zero attached hydrogens (tertiary/aromatic N) is 4.